The van der Waals surface area contributed by atoms with Crippen molar-refractivity contribution in [3.8, 4) is 11.8 Å². The number of nitrogens with zero attached hydrogens (tertiary/aromatic N) is 3. The maximum atomic E-state index is 13.9. The SMILES string of the molecule is COC1=CN(c2cc(C#N)ccc2N2CCC(Oc3ccc(F)cc3F)CC2)CC=C1. The van der Waals surface area contributed by atoms with Crippen LogP contribution >= 0.6 is 0 Å². The van der Waals surface area contributed by atoms with Gasteiger partial charge in [0.2, 0.25) is 0 Å². The molecule has 1 saturated heterocycles. The van der Waals surface area contributed by atoms with Gasteiger partial charge in [0, 0.05) is 44.7 Å². The largest absolute Gasteiger partial charge is 0.495 e. The van der Waals surface area contributed by atoms with Crippen LogP contribution in [0.1, 0.15) is 18.4 Å². The molecule has 5 nitrogen and oxygen atoms in total. The van der Waals surface area contributed by atoms with Crippen LogP contribution in [-0.2, 0) is 4.74 Å². The number of rotatable bonds is 5. The number of benzene rings is 2. The molecule has 31 heavy (non-hydrogen) atoms. The van der Waals surface area contributed by atoms with E-state index in [2.05, 4.69) is 15.9 Å². The lowest BCUT2D eigenvalue weighted by molar-refractivity contribution is 0.163. The van der Waals surface area contributed by atoms with Gasteiger partial charge in [0.05, 0.1) is 30.1 Å². The van der Waals surface area contributed by atoms with Crippen molar-refractivity contribution in [1.82, 2.24) is 0 Å². The molecule has 0 radical (unpaired) electrons. The second-order valence-corrected chi connectivity index (χ2v) is 7.48. The summed E-state index contributed by atoms with van der Waals surface area (Å²) in [7, 11) is 1.63. The minimum Gasteiger partial charge on any atom is -0.495 e. The number of hydrogen-bond donors (Lipinski definition) is 0. The topological polar surface area (TPSA) is 48.7 Å². The summed E-state index contributed by atoms with van der Waals surface area (Å²) in [5, 5.41) is 9.37. The van der Waals surface area contributed by atoms with Crippen LogP contribution in [0.3, 0.4) is 0 Å². The smallest absolute Gasteiger partial charge is 0.167 e. The van der Waals surface area contributed by atoms with Gasteiger partial charge in [0.25, 0.3) is 0 Å². The standard InChI is InChI=1S/C24H23F2N3O2/c1-30-20-3-2-10-29(16-20)23-13-17(15-27)4-6-22(23)28-11-8-19(9-12-28)31-24-7-5-18(25)14-21(24)26/h2-7,13-14,16,19H,8-12H2,1H3. The quantitative estimate of drug-likeness (QED) is 0.695. The van der Waals surface area contributed by atoms with E-state index in [0.717, 1.165) is 36.3 Å². The van der Waals surface area contributed by atoms with Crippen LogP contribution < -0.4 is 14.5 Å². The lowest BCUT2D eigenvalue weighted by Gasteiger charge is -2.36. The van der Waals surface area contributed by atoms with Gasteiger partial charge in [-0.25, -0.2) is 8.78 Å². The monoisotopic (exact) mass is 423 g/mol. The molecule has 2 heterocycles. The number of nitriles is 1. The molecule has 0 spiro atoms. The molecule has 2 aromatic rings. The van der Waals surface area contributed by atoms with Crippen LogP contribution in [0.5, 0.6) is 5.75 Å². The molecule has 0 bridgehead atoms. The molecule has 2 aromatic carbocycles. The van der Waals surface area contributed by atoms with E-state index in [1.54, 1.807) is 7.11 Å². The Labute approximate surface area is 180 Å². The van der Waals surface area contributed by atoms with Gasteiger partial charge in [0.15, 0.2) is 11.6 Å². The lowest BCUT2D eigenvalue weighted by atomic mass is 10.0. The number of anilines is 2. The maximum Gasteiger partial charge on any atom is 0.167 e. The molecule has 0 aliphatic carbocycles. The minimum atomic E-state index is -0.685. The fourth-order valence-corrected chi connectivity index (χ4v) is 3.88. The Morgan fingerprint density at radius 2 is 1.87 bits per heavy atom. The molecule has 160 valence electrons. The van der Waals surface area contributed by atoms with E-state index >= 15 is 0 Å². The molecular weight excluding hydrogens is 400 g/mol. The minimum absolute atomic E-state index is 0.0799. The summed E-state index contributed by atoms with van der Waals surface area (Å²) in [6, 6.07) is 11.2. The van der Waals surface area contributed by atoms with Gasteiger partial charge in [0.1, 0.15) is 17.7 Å². The molecule has 4 rings (SSSR count). The van der Waals surface area contributed by atoms with Crippen LogP contribution in [-0.4, -0.2) is 32.8 Å². The zero-order valence-electron chi connectivity index (χ0n) is 17.2. The van der Waals surface area contributed by atoms with Crippen molar-refractivity contribution in [2.24, 2.45) is 0 Å². The van der Waals surface area contributed by atoms with Crippen LogP contribution in [0.4, 0.5) is 20.2 Å². The summed E-state index contributed by atoms with van der Waals surface area (Å²) >= 11 is 0. The van der Waals surface area contributed by atoms with Crippen molar-refractivity contribution in [3.05, 3.63) is 77.7 Å². The van der Waals surface area contributed by atoms with E-state index in [1.807, 2.05) is 36.6 Å². The third-order valence-corrected chi connectivity index (χ3v) is 5.49. The summed E-state index contributed by atoms with van der Waals surface area (Å²) in [5.74, 6) is -0.480. The van der Waals surface area contributed by atoms with Gasteiger partial charge < -0.3 is 19.3 Å². The zero-order chi connectivity index (χ0) is 21.8. The van der Waals surface area contributed by atoms with E-state index in [1.165, 1.54) is 12.1 Å². The molecular formula is C24H23F2N3O2. The van der Waals surface area contributed by atoms with Gasteiger partial charge in [-0.3, -0.25) is 0 Å². The van der Waals surface area contributed by atoms with Gasteiger partial charge in [-0.2, -0.15) is 5.26 Å². The molecule has 1 fully saturated rings. The highest BCUT2D eigenvalue weighted by molar-refractivity contribution is 5.75. The normalized spacial score (nSPS) is 16.6. The second kappa shape index (κ2) is 9.09. The van der Waals surface area contributed by atoms with Crippen LogP contribution in [0.2, 0.25) is 0 Å². The summed E-state index contributed by atoms with van der Waals surface area (Å²) in [4.78, 5) is 4.31. The van der Waals surface area contributed by atoms with Gasteiger partial charge in [-0.05, 0) is 36.4 Å². The van der Waals surface area contributed by atoms with Crippen LogP contribution in [0, 0.1) is 23.0 Å². The Morgan fingerprint density at radius 3 is 2.58 bits per heavy atom. The maximum absolute atomic E-state index is 13.9. The average molecular weight is 423 g/mol. The Bertz CT molecular complexity index is 1050. The molecule has 0 N–H and O–H groups in total. The number of piperidine rings is 1. The number of ether oxygens (including phenoxy) is 2. The molecule has 0 unspecified atom stereocenters. The van der Waals surface area contributed by atoms with Crippen molar-refractivity contribution in [2.75, 3.05) is 36.5 Å². The van der Waals surface area contributed by atoms with Crippen molar-refractivity contribution in [2.45, 2.75) is 18.9 Å². The van der Waals surface area contributed by atoms with Crippen molar-refractivity contribution >= 4 is 11.4 Å². The Balaban J connectivity index is 1.50. The summed E-state index contributed by atoms with van der Waals surface area (Å²) in [5.41, 5.74) is 2.54. The summed E-state index contributed by atoms with van der Waals surface area (Å²) in [6.07, 6.45) is 7.12. The first kappa shape index (κ1) is 20.7. The van der Waals surface area contributed by atoms with Crippen LogP contribution in [0.15, 0.2) is 60.5 Å². The number of allylic oxidation sites excluding steroid dienone is 1. The molecule has 0 amide bonds. The Hall–Kier alpha value is -3.53. The summed E-state index contributed by atoms with van der Waals surface area (Å²) in [6.45, 7) is 2.12. The third kappa shape index (κ3) is 4.64. The van der Waals surface area contributed by atoms with E-state index in [9.17, 15) is 14.0 Å². The first-order chi connectivity index (χ1) is 15.1. The number of hydrogen-bond acceptors (Lipinski definition) is 5. The van der Waals surface area contributed by atoms with E-state index < -0.39 is 11.6 Å². The molecule has 2 aliphatic rings. The Kier molecular flexibility index (Phi) is 6.08. The molecule has 0 saturated carbocycles. The van der Waals surface area contributed by atoms with Gasteiger partial charge >= 0.3 is 0 Å². The first-order valence-electron chi connectivity index (χ1n) is 10.2. The molecule has 7 heteroatoms. The fourth-order valence-electron chi connectivity index (χ4n) is 3.88. The lowest BCUT2D eigenvalue weighted by Crippen LogP contribution is -2.39. The van der Waals surface area contributed by atoms with Crippen LogP contribution in [0.25, 0.3) is 0 Å². The molecule has 2 aliphatic heterocycles. The predicted octanol–water partition coefficient (Wildman–Crippen LogP) is 4.75. The highest BCUT2D eigenvalue weighted by Gasteiger charge is 2.25. The van der Waals surface area contributed by atoms with Crippen molar-refractivity contribution in [3.63, 3.8) is 0 Å². The molecule has 0 atom stereocenters. The highest BCUT2D eigenvalue weighted by atomic mass is 19.1. The van der Waals surface area contributed by atoms with E-state index in [4.69, 9.17) is 9.47 Å². The van der Waals surface area contributed by atoms with Crippen molar-refractivity contribution < 1.29 is 18.3 Å². The van der Waals surface area contributed by atoms with E-state index in [-0.39, 0.29) is 11.9 Å². The summed E-state index contributed by atoms with van der Waals surface area (Å²) < 4.78 is 38.2. The Morgan fingerprint density at radius 1 is 1.06 bits per heavy atom. The zero-order valence-corrected chi connectivity index (χ0v) is 17.2. The third-order valence-electron chi connectivity index (χ3n) is 5.49. The average Bonchev–Trinajstić information content (AvgIpc) is 2.81. The van der Waals surface area contributed by atoms with Gasteiger partial charge in [-0.15, -0.1) is 0 Å². The second-order valence-electron chi connectivity index (χ2n) is 7.48. The first-order valence-corrected chi connectivity index (χ1v) is 10.2. The van der Waals surface area contributed by atoms with E-state index in [0.29, 0.717) is 24.9 Å². The number of halogens is 2. The highest BCUT2D eigenvalue weighted by Crippen LogP contribution is 2.34. The fraction of sp³-hybridized carbons (Fsp3) is 0.292. The van der Waals surface area contributed by atoms with Crippen molar-refractivity contribution in [1.29, 1.82) is 5.26 Å². The number of methoxy groups -OCH3 is 1. The van der Waals surface area contributed by atoms with Gasteiger partial charge in [-0.1, -0.05) is 6.08 Å². The predicted molar refractivity (Wildman–Crippen MR) is 115 cm³/mol. The molecule has 0 aromatic heterocycles.